The molecule has 0 saturated carbocycles. The number of amides is 1. The summed E-state index contributed by atoms with van der Waals surface area (Å²) < 4.78 is 46.3. The summed E-state index contributed by atoms with van der Waals surface area (Å²) in [6.45, 7) is 2.96. The number of methoxy groups -OCH3 is 1. The number of alkyl halides is 3. The third-order valence-corrected chi connectivity index (χ3v) is 4.38. The van der Waals surface area contributed by atoms with Gasteiger partial charge in [0.25, 0.3) is 5.91 Å². The second-order valence-electron chi connectivity index (χ2n) is 5.60. The Morgan fingerprint density at radius 2 is 1.78 bits per heavy atom. The standard InChI is InChI=1S/C17H20F3NO5S/c1-4-10(2)14(16(24)25-3)21-13(22)9-26-15(23)11-5-7-12(8-6-11)27-17(18,19)20/h5-8,10,14H,4,9H2,1-3H3,(H,21,22)/t10-,14+/m1/s1. The van der Waals surface area contributed by atoms with Crippen molar-refractivity contribution in [3.05, 3.63) is 29.8 Å². The summed E-state index contributed by atoms with van der Waals surface area (Å²) in [7, 11) is 1.20. The predicted molar refractivity (Wildman–Crippen MR) is 92.0 cm³/mol. The largest absolute Gasteiger partial charge is 0.467 e. The van der Waals surface area contributed by atoms with Crippen molar-refractivity contribution < 1.29 is 37.0 Å². The number of carbonyl (C=O) groups excluding carboxylic acids is 3. The number of esters is 2. The van der Waals surface area contributed by atoms with Gasteiger partial charge in [-0.3, -0.25) is 4.79 Å². The summed E-state index contributed by atoms with van der Waals surface area (Å²) >= 11 is -0.304. The van der Waals surface area contributed by atoms with Crippen LogP contribution in [-0.2, 0) is 19.1 Å². The van der Waals surface area contributed by atoms with Crippen molar-refractivity contribution in [2.24, 2.45) is 5.92 Å². The van der Waals surface area contributed by atoms with Gasteiger partial charge in [-0.05, 0) is 41.9 Å². The zero-order chi connectivity index (χ0) is 20.6. The van der Waals surface area contributed by atoms with Crippen LogP contribution in [0.25, 0.3) is 0 Å². The molecule has 0 fully saturated rings. The van der Waals surface area contributed by atoms with Crippen molar-refractivity contribution in [3.8, 4) is 0 Å². The Balaban J connectivity index is 2.60. The molecule has 1 rings (SSSR count). The van der Waals surface area contributed by atoms with Crippen LogP contribution < -0.4 is 5.32 Å². The van der Waals surface area contributed by atoms with Crippen molar-refractivity contribution in [1.29, 1.82) is 0 Å². The average molecular weight is 407 g/mol. The third-order valence-electron chi connectivity index (χ3n) is 3.64. The van der Waals surface area contributed by atoms with Crippen LogP contribution in [0.15, 0.2) is 29.2 Å². The van der Waals surface area contributed by atoms with Gasteiger partial charge in [0.05, 0.1) is 12.7 Å². The molecule has 0 radical (unpaired) electrons. The Morgan fingerprint density at radius 1 is 1.19 bits per heavy atom. The van der Waals surface area contributed by atoms with Crippen LogP contribution in [0.3, 0.4) is 0 Å². The van der Waals surface area contributed by atoms with Gasteiger partial charge in [0.15, 0.2) is 6.61 Å². The van der Waals surface area contributed by atoms with Crippen LogP contribution in [-0.4, -0.2) is 43.1 Å². The minimum Gasteiger partial charge on any atom is -0.467 e. The number of hydrogen-bond acceptors (Lipinski definition) is 6. The first-order valence-electron chi connectivity index (χ1n) is 7.97. The fraction of sp³-hybridized carbons (Fsp3) is 0.471. The second kappa shape index (κ2) is 10.2. The molecular formula is C17H20F3NO5S. The molecule has 10 heteroatoms. The molecule has 0 unspecified atom stereocenters. The SMILES string of the molecule is CC[C@@H](C)[C@H](NC(=O)COC(=O)c1ccc(SC(F)(F)F)cc1)C(=O)OC. The second-order valence-corrected chi connectivity index (χ2v) is 6.74. The van der Waals surface area contributed by atoms with Gasteiger partial charge in [-0.25, -0.2) is 9.59 Å². The maximum absolute atomic E-state index is 12.3. The molecule has 0 saturated heterocycles. The topological polar surface area (TPSA) is 81.7 Å². The molecule has 150 valence electrons. The maximum atomic E-state index is 12.3. The first kappa shape index (κ1) is 22.8. The van der Waals surface area contributed by atoms with E-state index >= 15 is 0 Å². The van der Waals surface area contributed by atoms with Gasteiger partial charge in [-0.2, -0.15) is 13.2 Å². The lowest BCUT2D eigenvalue weighted by Crippen LogP contribution is -2.47. The average Bonchev–Trinajstić information content (AvgIpc) is 2.62. The van der Waals surface area contributed by atoms with E-state index in [1.54, 1.807) is 6.92 Å². The molecule has 27 heavy (non-hydrogen) atoms. The number of nitrogens with one attached hydrogen (secondary N) is 1. The van der Waals surface area contributed by atoms with Crippen LogP contribution in [0.1, 0.15) is 30.6 Å². The van der Waals surface area contributed by atoms with Crippen LogP contribution in [0.2, 0.25) is 0 Å². The number of rotatable bonds is 8. The predicted octanol–water partition coefficient (Wildman–Crippen LogP) is 3.16. The zero-order valence-corrected chi connectivity index (χ0v) is 15.8. The van der Waals surface area contributed by atoms with Crippen molar-refractivity contribution >= 4 is 29.6 Å². The molecule has 1 amide bonds. The zero-order valence-electron chi connectivity index (χ0n) is 15.0. The van der Waals surface area contributed by atoms with E-state index in [9.17, 15) is 27.6 Å². The molecule has 0 aliphatic carbocycles. The van der Waals surface area contributed by atoms with Gasteiger partial charge in [-0.1, -0.05) is 20.3 Å². The number of benzene rings is 1. The van der Waals surface area contributed by atoms with Gasteiger partial charge >= 0.3 is 17.4 Å². The normalized spacial score (nSPS) is 13.4. The molecule has 6 nitrogen and oxygen atoms in total. The lowest BCUT2D eigenvalue weighted by Gasteiger charge is -2.21. The van der Waals surface area contributed by atoms with Gasteiger partial charge < -0.3 is 14.8 Å². The number of ether oxygens (including phenoxy) is 2. The smallest absolute Gasteiger partial charge is 0.446 e. The van der Waals surface area contributed by atoms with E-state index in [4.69, 9.17) is 4.74 Å². The summed E-state index contributed by atoms with van der Waals surface area (Å²) in [6, 6.07) is 3.73. The van der Waals surface area contributed by atoms with E-state index in [1.165, 1.54) is 19.2 Å². The van der Waals surface area contributed by atoms with Crippen molar-refractivity contribution in [2.75, 3.05) is 13.7 Å². The Kier molecular flexibility index (Phi) is 8.61. The number of carbonyl (C=O) groups is 3. The Morgan fingerprint density at radius 3 is 2.26 bits per heavy atom. The van der Waals surface area contributed by atoms with E-state index in [1.807, 2.05) is 6.92 Å². The Labute approximate surface area is 158 Å². The summed E-state index contributed by atoms with van der Waals surface area (Å²) in [5.74, 6) is -2.35. The molecule has 1 N–H and O–H groups in total. The molecule has 1 aromatic rings. The lowest BCUT2D eigenvalue weighted by atomic mass is 9.99. The van der Waals surface area contributed by atoms with Gasteiger partial charge in [0.2, 0.25) is 0 Å². The lowest BCUT2D eigenvalue weighted by molar-refractivity contribution is -0.147. The molecule has 1 aromatic carbocycles. The summed E-state index contributed by atoms with van der Waals surface area (Å²) in [6.07, 6.45) is 0.613. The maximum Gasteiger partial charge on any atom is 0.446 e. The molecule has 0 aromatic heterocycles. The van der Waals surface area contributed by atoms with Gasteiger partial charge in [0, 0.05) is 4.90 Å². The molecular weight excluding hydrogens is 387 g/mol. The number of hydrogen-bond donors (Lipinski definition) is 1. The summed E-state index contributed by atoms with van der Waals surface area (Å²) in [4.78, 5) is 35.4. The molecule has 0 spiro atoms. The first-order valence-corrected chi connectivity index (χ1v) is 8.79. The molecule has 0 aliphatic heterocycles. The summed E-state index contributed by atoms with van der Waals surface area (Å²) in [5.41, 5.74) is -4.42. The van der Waals surface area contributed by atoms with E-state index in [2.05, 4.69) is 10.1 Å². The van der Waals surface area contributed by atoms with Gasteiger partial charge in [0.1, 0.15) is 6.04 Å². The highest BCUT2D eigenvalue weighted by molar-refractivity contribution is 8.00. The third kappa shape index (κ3) is 7.90. The van der Waals surface area contributed by atoms with Crippen molar-refractivity contribution in [2.45, 2.75) is 36.7 Å². The van der Waals surface area contributed by atoms with Crippen LogP contribution in [0.5, 0.6) is 0 Å². The fourth-order valence-corrected chi connectivity index (χ4v) is 2.56. The van der Waals surface area contributed by atoms with Crippen LogP contribution in [0, 0.1) is 5.92 Å². The number of halogens is 3. The Hall–Kier alpha value is -2.23. The number of thioether (sulfide) groups is 1. The summed E-state index contributed by atoms with van der Waals surface area (Å²) in [5, 5.41) is 2.44. The molecule has 0 bridgehead atoms. The van der Waals surface area contributed by atoms with E-state index < -0.39 is 36.0 Å². The van der Waals surface area contributed by atoms with Crippen LogP contribution >= 0.6 is 11.8 Å². The molecule has 0 heterocycles. The molecule has 0 aliphatic rings. The van der Waals surface area contributed by atoms with Crippen molar-refractivity contribution in [1.82, 2.24) is 5.32 Å². The van der Waals surface area contributed by atoms with Gasteiger partial charge in [-0.15, -0.1) is 0 Å². The minimum absolute atomic E-state index is 0.000712. The minimum atomic E-state index is -4.42. The highest BCUT2D eigenvalue weighted by atomic mass is 32.2. The van der Waals surface area contributed by atoms with Crippen molar-refractivity contribution in [3.63, 3.8) is 0 Å². The first-order chi connectivity index (χ1) is 12.6. The highest BCUT2D eigenvalue weighted by Gasteiger charge is 2.29. The van der Waals surface area contributed by atoms with E-state index in [0.717, 1.165) is 12.1 Å². The molecule has 2 atom stereocenters. The van der Waals surface area contributed by atoms with E-state index in [0.29, 0.717) is 6.42 Å². The monoisotopic (exact) mass is 407 g/mol. The fourth-order valence-electron chi connectivity index (χ4n) is 2.02. The Bertz CT molecular complexity index is 664. The van der Waals surface area contributed by atoms with E-state index in [-0.39, 0.29) is 28.1 Å². The quantitative estimate of drug-likeness (QED) is 0.527. The van der Waals surface area contributed by atoms with Crippen LogP contribution in [0.4, 0.5) is 13.2 Å². The highest BCUT2D eigenvalue weighted by Crippen LogP contribution is 2.36.